The van der Waals surface area contributed by atoms with Gasteiger partial charge >= 0.3 is 0 Å². The Kier molecular flexibility index (Phi) is 5.52. The van der Waals surface area contributed by atoms with Crippen molar-refractivity contribution in [2.75, 3.05) is 26.3 Å². The van der Waals surface area contributed by atoms with Crippen LogP contribution in [0.1, 0.15) is 12.5 Å². The first-order valence-electron chi connectivity index (χ1n) is 6.99. The molecule has 2 fully saturated rings. The van der Waals surface area contributed by atoms with Crippen LogP contribution in [0.2, 0.25) is 0 Å². The fourth-order valence-corrected chi connectivity index (χ4v) is 2.70. The summed E-state index contributed by atoms with van der Waals surface area (Å²) in [6.45, 7) is 5.31. The van der Waals surface area contributed by atoms with Crippen LogP contribution < -0.4 is 0 Å². The molecule has 0 saturated carbocycles. The first kappa shape index (κ1) is 15.0. The molecule has 2 unspecified atom stereocenters. The second-order valence-corrected chi connectivity index (χ2v) is 5.04. The summed E-state index contributed by atoms with van der Waals surface area (Å²) in [4.78, 5) is 2.37. The number of likely N-dealkylation sites (tertiary alicyclic amines) is 1. The lowest BCUT2D eigenvalue weighted by Gasteiger charge is -2.30. The number of hydrogen-bond donors (Lipinski definition) is 2. The van der Waals surface area contributed by atoms with Crippen molar-refractivity contribution < 1.29 is 15.1 Å². The van der Waals surface area contributed by atoms with E-state index in [0.29, 0.717) is 6.61 Å². The molecule has 110 valence electrons. The van der Waals surface area contributed by atoms with E-state index < -0.39 is 0 Å². The smallest absolute Gasteiger partial charge is 0.112 e. The molecule has 0 amide bonds. The third-order valence-electron chi connectivity index (χ3n) is 3.51. The molecule has 2 heterocycles. The fraction of sp³-hybridized carbons (Fsp3) is 0.533. The summed E-state index contributed by atoms with van der Waals surface area (Å²) < 4.78 is 5.62. The van der Waals surface area contributed by atoms with Gasteiger partial charge in [-0.2, -0.15) is 0 Å². The molecule has 0 spiro atoms. The van der Waals surface area contributed by atoms with Crippen LogP contribution in [-0.2, 0) is 11.3 Å². The number of rotatable bonds is 2. The van der Waals surface area contributed by atoms with Crippen molar-refractivity contribution in [1.82, 2.24) is 4.90 Å². The largest absolute Gasteiger partial charge is 0.411 e. The summed E-state index contributed by atoms with van der Waals surface area (Å²) in [7, 11) is 0. The summed E-state index contributed by atoms with van der Waals surface area (Å²) >= 11 is 0. The number of piperidine rings is 1. The molecule has 2 bridgehead atoms. The fourth-order valence-electron chi connectivity index (χ4n) is 2.70. The van der Waals surface area contributed by atoms with E-state index in [2.05, 4.69) is 34.3 Å². The van der Waals surface area contributed by atoms with Gasteiger partial charge in [0.1, 0.15) is 6.10 Å². The minimum atomic E-state index is -0.0116. The first-order chi connectivity index (χ1) is 9.78. The van der Waals surface area contributed by atoms with Crippen LogP contribution in [0.15, 0.2) is 35.5 Å². The first-order valence-corrected chi connectivity index (χ1v) is 6.99. The highest BCUT2D eigenvalue weighted by molar-refractivity contribution is 5.93. The molecule has 2 atom stereocenters. The topological polar surface area (TPSA) is 65.3 Å². The maximum absolute atomic E-state index is 8.94. The summed E-state index contributed by atoms with van der Waals surface area (Å²) in [5.41, 5.74) is 2.14. The van der Waals surface area contributed by atoms with Crippen LogP contribution in [0.25, 0.3) is 0 Å². The molecule has 20 heavy (non-hydrogen) atoms. The van der Waals surface area contributed by atoms with Crippen molar-refractivity contribution in [3.05, 3.63) is 35.9 Å². The molecular weight excluding hydrogens is 256 g/mol. The van der Waals surface area contributed by atoms with Crippen molar-refractivity contribution in [3.63, 3.8) is 0 Å². The van der Waals surface area contributed by atoms with E-state index in [-0.39, 0.29) is 18.6 Å². The number of ether oxygens (including phenoxy) is 1. The second kappa shape index (κ2) is 7.38. The predicted molar refractivity (Wildman–Crippen MR) is 76.9 cm³/mol. The highest BCUT2D eigenvalue weighted by atomic mass is 16.5. The Morgan fingerprint density at radius 1 is 1.30 bits per heavy atom. The SMILES string of the molecule is CCO.ON=C1C2COC1CN(Cc1ccccc1)C2. The zero-order chi connectivity index (χ0) is 14.4. The molecule has 0 aromatic heterocycles. The zero-order valence-electron chi connectivity index (χ0n) is 11.8. The summed E-state index contributed by atoms with van der Waals surface area (Å²) in [6.07, 6.45) is -0.0116. The number of benzene rings is 1. The third-order valence-corrected chi connectivity index (χ3v) is 3.51. The molecule has 2 saturated heterocycles. The van der Waals surface area contributed by atoms with E-state index in [1.165, 1.54) is 5.56 Å². The standard InChI is InChI=1S/C13H16N2O2.C2H6O/c16-14-13-11-7-15(8-12(13)17-9-11)6-10-4-2-1-3-5-10;1-2-3/h1-5,11-12,16H,6-9H2;3H,2H2,1H3. The van der Waals surface area contributed by atoms with Gasteiger partial charge in [-0.05, 0) is 12.5 Å². The summed E-state index contributed by atoms with van der Waals surface area (Å²) in [6, 6.07) is 10.4. The Morgan fingerprint density at radius 3 is 2.60 bits per heavy atom. The highest BCUT2D eigenvalue weighted by Gasteiger charge is 2.40. The van der Waals surface area contributed by atoms with E-state index >= 15 is 0 Å². The molecule has 2 aliphatic heterocycles. The van der Waals surface area contributed by atoms with Crippen LogP contribution in [0.5, 0.6) is 0 Å². The Morgan fingerprint density at radius 2 is 2.00 bits per heavy atom. The monoisotopic (exact) mass is 278 g/mol. The molecule has 2 aliphatic rings. The Balaban J connectivity index is 0.000000452. The van der Waals surface area contributed by atoms with E-state index in [1.54, 1.807) is 6.92 Å². The number of oxime groups is 1. The minimum absolute atomic E-state index is 0.0116. The van der Waals surface area contributed by atoms with Crippen molar-refractivity contribution in [2.24, 2.45) is 11.1 Å². The quantitative estimate of drug-likeness (QED) is 0.633. The van der Waals surface area contributed by atoms with Crippen LogP contribution >= 0.6 is 0 Å². The van der Waals surface area contributed by atoms with Gasteiger partial charge in [-0.25, -0.2) is 0 Å². The summed E-state index contributed by atoms with van der Waals surface area (Å²) in [5, 5.41) is 19.9. The van der Waals surface area contributed by atoms with Gasteiger partial charge in [-0.1, -0.05) is 35.5 Å². The van der Waals surface area contributed by atoms with Gasteiger partial charge in [0, 0.05) is 32.2 Å². The van der Waals surface area contributed by atoms with E-state index in [4.69, 9.17) is 15.1 Å². The lowest BCUT2D eigenvalue weighted by Crippen LogP contribution is -2.45. The maximum Gasteiger partial charge on any atom is 0.112 e. The number of aliphatic hydroxyl groups is 1. The number of aliphatic hydroxyl groups excluding tert-OH is 1. The van der Waals surface area contributed by atoms with Gasteiger partial charge in [0.15, 0.2) is 0 Å². The molecule has 3 rings (SSSR count). The summed E-state index contributed by atoms with van der Waals surface area (Å²) in [5.74, 6) is 0.266. The van der Waals surface area contributed by atoms with Gasteiger partial charge in [0.05, 0.1) is 12.3 Å². The lowest BCUT2D eigenvalue weighted by atomic mass is 9.97. The van der Waals surface area contributed by atoms with Crippen molar-refractivity contribution in [1.29, 1.82) is 0 Å². The Hall–Kier alpha value is -1.43. The minimum Gasteiger partial charge on any atom is -0.411 e. The number of fused-ring (bicyclic) bond motifs is 2. The highest BCUT2D eigenvalue weighted by Crippen LogP contribution is 2.25. The Bertz CT molecular complexity index is 420. The van der Waals surface area contributed by atoms with Crippen molar-refractivity contribution in [2.45, 2.75) is 19.6 Å². The number of hydrogen-bond acceptors (Lipinski definition) is 5. The third kappa shape index (κ3) is 3.56. The lowest BCUT2D eigenvalue weighted by molar-refractivity contribution is 0.115. The molecule has 5 heteroatoms. The average molecular weight is 278 g/mol. The molecule has 5 nitrogen and oxygen atoms in total. The molecule has 2 N–H and O–H groups in total. The van der Waals surface area contributed by atoms with Crippen LogP contribution in [0.3, 0.4) is 0 Å². The van der Waals surface area contributed by atoms with Crippen LogP contribution in [0.4, 0.5) is 0 Å². The van der Waals surface area contributed by atoms with Gasteiger partial charge in [0.25, 0.3) is 0 Å². The van der Waals surface area contributed by atoms with E-state index in [0.717, 1.165) is 25.3 Å². The van der Waals surface area contributed by atoms with Gasteiger partial charge in [-0.15, -0.1) is 0 Å². The molecular formula is C15H22N2O3. The predicted octanol–water partition coefficient (Wildman–Crippen LogP) is 1.35. The van der Waals surface area contributed by atoms with Gasteiger partial charge in [-0.3, -0.25) is 4.90 Å². The van der Waals surface area contributed by atoms with Crippen LogP contribution in [0, 0.1) is 5.92 Å². The van der Waals surface area contributed by atoms with Crippen molar-refractivity contribution >= 4 is 5.71 Å². The van der Waals surface area contributed by atoms with E-state index in [9.17, 15) is 0 Å². The average Bonchev–Trinajstić information content (AvgIpc) is 2.71. The normalized spacial score (nSPS) is 27.2. The van der Waals surface area contributed by atoms with Gasteiger partial charge < -0.3 is 15.1 Å². The molecule has 1 aromatic carbocycles. The zero-order valence-corrected chi connectivity index (χ0v) is 11.8. The number of nitrogens with zero attached hydrogens (tertiary/aromatic N) is 2. The van der Waals surface area contributed by atoms with Gasteiger partial charge in [0.2, 0.25) is 0 Å². The Labute approximate surface area is 119 Å². The van der Waals surface area contributed by atoms with Crippen LogP contribution in [-0.4, -0.2) is 53.3 Å². The van der Waals surface area contributed by atoms with E-state index in [1.807, 2.05) is 6.07 Å². The second-order valence-electron chi connectivity index (χ2n) is 5.04. The molecule has 0 radical (unpaired) electrons. The molecule has 1 aromatic rings. The molecule has 0 aliphatic carbocycles. The van der Waals surface area contributed by atoms with Crippen molar-refractivity contribution in [3.8, 4) is 0 Å². The maximum atomic E-state index is 8.94.